The minimum absolute atomic E-state index is 0.0391. The number of benzene rings is 1. The van der Waals surface area contributed by atoms with Crippen molar-refractivity contribution in [2.75, 3.05) is 5.32 Å². The Morgan fingerprint density at radius 2 is 2.00 bits per heavy atom. The zero-order valence-electron chi connectivity index (χ0n) is 12.9. The fourth-order valence-corrected chi connectivity index (χ4v) is 2.41. The van der Waals surface area contributed by atoms with Gasteiger partial charge in [0.25, 0.3) is 5.91 Å². The maximum absolute atomic E-state index is 12.2. The number of rotatable bonds is 5. The Bertz CT molecular complexity index is 692. The van der Waals surface area contributed by atoms with E-state index in [0.29, 0.717) is 0 Å². The van der Waals surface area contributed by atoms with Crippen molar-refractivity contribution in [2.45, 2.75) is 32.2 Å². The number of anilines is 1. The predicted octanol–water partition coefficient (Wildman–Crippen LogP) is 2.90. The molecule has 0 radical (unpaired) electrons. The van der Waals surface area contributed by atoms with Crippen LogP contribution in [0.3, 0.4) is 0 Å². The predicted molar refractivity (Wildman–Crippen MR) is 84.8 cm³/mol. The first kappa shape index (κ1) is 15.3. The molecule has 0 aliphatic heterocycles. The molecule has 6 heteroatoms. The minimum atomic E-state index is -0.339. The second kappa shape index (κ2) is 6.64. The van der Waals surface area contributed by atoms with Crippen molar-refractivity contribution < 1.29 is 14.0 Å². The number of hydrogen-bond donors (Lipinski definition) is 2. The summed E-state index contributed by atoms with van der Waals surface area (Å²) in [6.45, 7) is 1.90. The number of oxazole rings is 1. The van der Waals surface area contributed by atoms with Gasteiger partial charge < -0.3 is 9.73 Å². The summed E-state index contributed by atoms with van der Waals surface area (Å²) in [5, 5.41) is 5.46. The summed E-state index contributed by atoms with van der Waals surface area (Å²) in [5.41, 5.74) is 1.15. The molecule has 2 amide bonds. The molecule has 6 nitrogen and oxygen atoms in total. The first-order valence-corrected chi connectivity index (χ1v) is 7.75. The van der Waals surface area contributed by atoms with E-state index in [4.69, 9.17) is 4.42 Å². The highest BCUT2D eigenvalue weighted by Crippen LogP contribution is 2.27. The molecular weight excluding hydrogens is 294 g/mol. The lowest BCUT2D eigenvalue weighted by atomic mass is 9.85. The van der Waals surface area contributed by atoms with Gasteiger partial charge in [0.15, 0.2) is 5.69 Å². The SMILES string of the molecule is C[C@H](NC(=O)c1coc(NC(=O)C2CCC2)n1)c1ccccc1. The highest BCUT2D eigenvalue weighted by atomic mass is 16.4. The smallest absolute Gasteiger partial charge is 0.302 e. The van der Waals surface area contributed by atoms with Gasteiger partial charge in [0, 0.05) is 5.92 Å². The van der Waals surface area contributed by atoms with Crippen molar-refractivity contribution >= 4 is 17.8 Å². The summed E-state index contributed by atoms with van der Waals surface area (Å²) in [4.78, 5) is 28.0. The molecule has 0 saturated heterocycles. The van der Waals surface area contributed by atoms with Gasteiger partial charge in [-0.1, -0.05) is 36.8 Å². The Kier molecular flexibility index (Phi) is 4.41. The monoisotopic (exact) mass is 313 g/mol. The van der Waals surface area contributed by atoms with Crippen molar-refractivity contribution in [1.82, 2.24) is 10.3 Å². The highest BCUT2D eigenvalue weighted by Gasteiger charge is 2.26. The van der Waals surface area contributed by atoms with Gasteiger partial charge in [-0.3, -0.25) is 14.9 Å². The molecule has 1 fully saturated rings. The van der Waals surface area contributed by atoms with Crippen LogP contribution >= 0.6 is 0 Å². The van der Waals surface area contributed by atoms with E-state index in [1.807, 2.05) is 37.3 Å². The zero-order valence-corrected chi connectivity index (χ0v) is 12.9. The van der Waals surface area contributed by atoms with E-state index in [0.717, 1.165) is 24.8 Å². The maximum Gasteiger partial charge on any atom is 0.302 e. The number of hydrogen-bond acceptors (Lipinski definition) is 4. The lowest BCUT2D eigenvalue weighted by molar-refractivity contribution is -0.122. The molecule has 120 valence electrons. The van der Waals surface area contributed by atoms with Gasteiger partial charge in [0.2, 0.25) is 5.91 Å². The minimum Gasteiger partial charge on any atom is -0.431 e. The van der Waals surface area contributed by atoms with Gasteiger partial charge in [-0.2, -0.15) is 4.98 Å². The number of aromatic nitrogens is 1. The summed E-state index contributed by atoms with van der Waals surface area (Å²) in [7, 11) is 0. The van der Waals surface area contributed by atoms with Crippen LogP contribution in [0.25, 0.3) is 0 Å². The van der Waals surface area contributed by atoms with Gasteiger partial charge in [0.1, 0.15) is 6.26 Å². The zero-order chi connectivity index (χ0) is 16.2. The van der Waals surface area contributed by atoms with Crippen LogP contribution in [0.15, 0.2) is 41.0 Å². The Morgan fingerprint density at radius 3 is 2.65 bits per heavy atom. The number of amides is 2. The van der Waals surface area contributed by atoms with Crippen molar-refractivity contribution in [3.63, 3.8) is 0 Å². The molecule has 2 aromatic rings. The lowest BCUT2D eigenvalue weighted by Crippen LogP contribution is -2.28. The van der Waals surface area contributed by atoms with E-state index in [-0.39, 0.29) is 35.5 Å². The van der Waals surface area contributed by atoms with Gasteiger partial charge in [-0.25, -0.2) is 0 Å². The molecule has 1 aromatic carbocycles. The average molecular weight is 313 g/mol. The molecule has 0 spiro atoms. The van der Waals surface area contributed by atoms with Crippen molar-refractivity contribution in [1.29, 1.82) is 0 Å². The van der Waals surface area contributed by atoms with Crippen LogP contribution in [0, 0.1) is 5.92 Å². The molecule has 0 unspecified atom stereocenters. The van der Waals surface area contributed by atoms with Crippen molar-refractivity contribution in [3.8, 4) is 0 Å². The summed E-state index contributed by atoms with van der Waals surface area (Å²) in [5.74, 6) is -0.394. The molecule has 1 aliphatic carbocycles. The molecule has 23 heavy (non-hydrogen) atoms. The maximum atomic E-state index is 12.2. The topological polar surface area (TPSA) is 84.2 Å². The molecule has 2 N–H and O–H groups in total. The quantitative estimate of drug-likeness (QED) is 0.889. The number of carbonyl (C=O) groups excluding carboxylic acids is 2. The summed E-state index contributed by atoms with van der Waals surface area (Å²) in [6, 6.07) is 9.57. The third kappa shape index (κ3) is 3.59. The first-order chi connectivity index (χ1) is 11.1. The van der Waals surface area contributed by atoms with E-state index < -0.39 is 0 Å². The second-order valence-corrected chi connectivity index (χ2v) is 5.76. The average Bonchev–Trinajstić information content (AvgIpc) is 2.94. The Labute approximate surface area is 134 Å². The Morgan fingerprint density at radius 1 is 1.26 bits per heavy atom. The fourth-order valence-electron chi connectivity index (χ4n) is 2.41. The molecule has 3 rings (SSSR count). The third-order valence-corrected chi connectivity index (χ3v) is 4.09. The van der Waals surface area contributed by atoms with Crippen LogP contribution in [-0.2, 0) is 4.79 Å². The summed E-state index contributed by atoms with van der Waals surface area (Å²) >= 11 is 0. The molecule has 1 saturated carbocycles. The molecular formula is C17H19N3O3. The van der Waals surface area contributed by atoms with E-state index in [1.54, 1.807) is 0 Å². The molecule has 1 atom stereocenters. The number of nitrogens with zero attached hydrogens (tertiary/aromatic N) is 1. The molecule has 0 bridgehead atoms. The standard InChI is InChI=1S/C17H19N3O3/c1-11(12-6-3-2-4-7-12)18-16(22)14-10-23-17(19-14)20-15(21)13-8-5-9-13/h2-4,6-7,10-11,13H,5,8-9H2,1H3,(H,18,22)(H,19,20,21)/t11-/m0/s1. The van der Waals surface area contributed by atoms with Crippen LogP contribution in [0.2, 0.25) is 0 Å². The first-order valence-electron chi connectivity index (χ1n) is 7.75. The van der Waals surface area contributed by atoms with Gasteiger partial charge >= 0.3 is 6.01 Å². The van der Waals surface area contributed by atoms with E-state index in [9.17, 15) is 9.59 Å². The van der Waals surface area contributed by atoms with Gasteiger partial charge in [0.05, 0.1) is 6.04 Å². The summed E-state index contributed by atoms with van der Waals surface area (Å²) < 4.78 is 5.16. The van der Waals surface area contributed by atoms with Crippen molar-refractivity contribution in [2.24, 2.45) is 5.92 Å². The number of carbonyl (C=O) groups is 2. The third-order valence-electron chi connectivity index (χ3n) is 4.09. The van der Waals surface area contributed by atoms with Gasteiger partial charge in [-0.15, -0.1) is 0 Å². The Hall–Kier alpha value is -2.63. The second-order valence-electron chi connectivity index (χ2n) is 5.76. The van der Waals surface area contributed by atoms with Crippen LogP contribution in [-0.4, -0.2) is 16.8 Å². The van der Waals surface area contributed by atoms with Crippen LogP contribution in [0.1, 0.15) is 48.3 Å². The summed E-state index contributed by atoms with van der Waals surface area (Å²) in [6.07, 6.45) is 4.13. The fraction of sp³-hybridized carbons (Fsp3) is 0.353. The van der Waals surface area contributed by atoms with E-state index >= 15 is 0 Å². The highest BCUT2D eigenvalue weighted by molar-refractivity contribution is 5.94. The normalized spacial score (nSPS) is 15.5. The molecule has 1 aromatic heterocycles. The van der Waals surface area contributed by atoms with Crippen molar-refractivity contribution in [3.05, 3.63) is 47.9 Å². The van der Waals surface area contributed by atoms with Crippen LogP contribution in [0.5, 0.6) is 0 Å². The molecule has 1 aliphatic rings. The van der Waals surface area contributed by atoms with Gasteiger partial charge in [-0.05, 0) is 25.3 Å². The molecule has 1 heterocycles. The number of nitrogens with one attached hydrogen (secondary N) is 2. The van der Waals surface area contributed by atoms with E-state index in [2.05, 4.69) is 15.6 Å². The van der Waals surface area contributed by atoms with Crippen LogP contribution in [0.4, 0.5) is 6.01 Å². The Balaban J connectivity index is 1.58. The van der Waals surface area contributed by atoms with E-state index in [1.165, 1.54) is 6.26 Å². The largest absolute Gasteiger partial charge is 0.431 e. The van der Waals surface area contributed by atoms with Crippen LogP contribution < -0.4 is 10.6 Å². The lowest BCUT2D eigenvalue weighted by Gasteiger charge is -2.22.